The van der Waals surface area contributed by atoms with Crippen molar-refractivity contribution in [3.05, 3.63) is 109 Å². The number of hydrogen-bond acceptors (Lipinski definition) is 11. The summed E-state index contributed by atoms with van der Waals surface area (Å²) in [6, 6.07) is 21.6. The van der Waals surface area contributed by atoms with Crippen molar-refractivity contribution in [1.29, 1.82) is 0 Å². The van der Waals surface area contributed by atoms with Crippen molar-refractivity contribution in [2.75, 3.05) is 40.1 Å². The molecule has 0 saturated heterocycles. The van der Waals surface area contributed by atoms with E-state index in [4.69, 9.17) is 28.8 Å². The van der Waals surface area contributed by atoms with E-state index in [1.54, 1.807) is 30.3 Å². The van der Waals surface area contributed by atoms with Crippen molar-refractivity contribution in [2.45, 2.75) is 12.8 Å². The Morgan fingerprint density at radius 3 is 1.83 bits per heavy atom. The number of ether oxygens (including phenoxy) is 6. The van der Waals surface area contributed by atoms with E-state index in [-0.39, 0.29) is 44.0 Å². The van der Waals surface area contributed by atoms with Crippen molar-refractivity contribution < 1.29 is 52.7 Å². The van der Waals surface area contributed by atoms with Crippen LogP contribution in [0.15, 0.2) is 103 Å². The fourth-order valence-electron chi connectivity index (χ4n) is 3.74. The minimum absolute atomic E-state index is 0.0120. The summed E-state index contributed by atoms with van der Waals surface area (Å²) < 4.78 is 31.0. The summed E-state index contributed by atoms with van der Waals surface area (Å²) in [6.07, 6.45) is 3.19. The van der Waals surface area contributed by atoms with Gasteiger partial charge in [-0.05, 0) is 59.2 Å². The Bertz CT molecular complexity index is 1550. The molecule has 11 nitrogen and oxygen atoms in total. The molecule has 0 radical (unpaired) electrons. The van der Waals surface area contributed by atoms with Crippen LogP contribution >= 0.6 is 0 Å². The Morgan fingerprint density at radius 2 is 1.21 bits per heavy atom. The predicted molar refractivity (Wildman–Crippen MR) is 173 cm³/mol. The molecule has 0 aromatic heterocycles. The zero-order chi connectivity index (χ0) is 34.0. The van der Waals surface area contributed by atoms with Crippen LogP contribution in [0.3, 0.4) is 0 Å². The monoisotopic (exact) mass is 644 g/mol. The topological polar surface area (TPSA) is 144 Å². The lowest BCUT2D eigenvalue weighted by atomic mass is 10.0. The van der Waals surface area contributed by atoms with Crippen LogP contribution in [-0.4, -0.2) is 69.1 Å². The average molecular weight is 645 g/mol. The first-order valence-electron chi connectivity index (χ1n) is 14.5. The lowest BCUT2D eigenvalue weighted by molar-refractivity contribution is -0.144. The highest BCUT2D eigenvalue weighted by atomic mass is 16.6. The van der Waals surface area contributed by atoms with Crippen molar-refractivity contribution in [3.8, 4) is 28.4 Å². The molecule has 11 heteroatoms. The minimum atomic E-state index is -0.662. The normalized spacial score (nSPS) is 10.5. The number of carbonyl (C=O) groups is 4. The minimum Gasteiger partial charge on any atom is -0.493 e. The van der Waals surface area contributed by atoms with Crippen LogP contribution in [-0.2, 0) is 33.4 Å². The molecule has 0 atom stereocenters. The maximum Gasteiger partial charge on any atom is 0.336 e. The average Bonchev–Trinajstić information content (AvgIpc) is 3.09. The van der Waals surface area contributed by atoms with Gasteiger partial charge in [-0.1, -0.05) is 49.6 Å². The number of benzene rings is 3. The first-order valence-corrected chi connectivity index (χ1v) is 14.5. The Labute approximate surface area is 272 Å². The van der Waals surface area contributed by atoms with Crippen molar-refractivity contribution >= 4 is 30.0 Å². The Kier molecular flexibility index (Phi) is 14.4. The first kappa shape index (κ1) is 35.8. The predicted octanol–water partition coefficient (Wildman–Crippen LogP) is 4.87. The molecule has 246 valence electrons. The van der Waals surface area contributed by atoms with Gasteiger partial charge in [0.25, 0.3) is 0 Å². The van der Waals surface area contributed by atoms with Crippen LogP contribution in [0.1, 0.15) is 18.4 Å². The molecule has 0 aliphatic rings. The molecule has 3 aromatic carbocycles. The molecule has 0 aliphatic carbocycles. The summed E-state index contributed by atoms with van der Waals surface area (Å²) in [7, 11) is 1.23. The fourth-order valence-corrected chi connectivity index (χ4v) is 3.74. The maximum absolute atomic E-state index is 12.3. The van der Waals surface area contributed by atoms with Crippen LogP contribution in [0.4, 0.5) is 0 Å². The molecule has 3 rings (SSSR count). The molecule has 3 aromatic rings. The molecule has 0 bridgehead atoms. The van der Waals surface area contributed by atoms with E-state index in [2.05, 4.69) is 17.9 Å². The lowest BCUT2D eigenvalue weighted by Crippen LogP contribution is -2.14. The summed E-state index contributed by atoms with van der Waals surface area (Å²) >= 11 is 0. The zero-order valence-electron chi connectivity index (χ0n) is 26.0. The van der Waals surface area contributed by atoms with E-state index in [0.29, 0.717) is 23.7 Å². The second kappa shape index (κ2) is 19.0. The summed E-state index contributed by atoms with van der Waals surface area (Å²) in [5.41, 5.74) is 2.75. The number of aliphatic hydroxyl groups excluding tert-OH is 1. The second-order valence-corrected chi connectivity index (χ2v) is 9.81. The van der Waals surface area contributed by atoms with Gasteiger partial charge in [0.15, 0.2) is 0 Å². The molecule has 0 unspecified atom stereocenters. The first-order chi connectivity index (χ1) is 22.7. The molecule has 0 spiro atoms. The van der Waals surface area contributed by atoms with Gasteiger partial charge in [0, 0.05) is 18.1 Å². The van der Waals surface area contributed by atoms with E-state index in [1.807, 2.05) is 48.5 Å². The summed E-state index contributed by atoms with van der Waals surface area (Å²) in [5.74, 6) is -0.912. The standard InChI is InChI=1S/C36H36O11/c1-25(23-34(39)42-3)35(40)45-20-4-19-43-31-14-16-32(17-15-31)47-33(38)18-7-27-5-8-28(9-6-27)29-10-12-30(13-11-29)44-21-22-46-36(41)26(2)24-37/h5-18,37H,1-2,4,19-24H2,3H3/b18-7+. The summed E-state index contributed by atoms with van der Waals surface area (Å²) in [6.45, 7) is 7.04. The third-order valence-corrected chi connectivity index (χ3v) is 6.28. The molecule has 0 saturated carbocycles. The quantitative estimate of drug-likeness (QED) is 0.0666. The molecular weight excluding hydrogens is 608 g/mol. The van der Waals surface area contributed by atoms with Crippen LogP contribution < -0.4 is 14.2 Å². The molecule has 0 amide bonds. The van der Waals surface area contributed by atoms with Gasteiger partial charge >= 0.3 is 23.9 Å². The van der Waals surface area contributed by atoms with Crippen LogP contribution in [0, 0.1) is 0 Å². The maximum atomic E-state index is 12.3. The van der Waals surface area contributed by atoms with Gasteiger partial charge < -0.3 is 33.5 Å². The molecule has 0 fully saturated rings. The number of rotatable bonds is 18. The van der Waals surface area contributed by atoms with Crippen molar-refractivity contribution in [1.82, 2.24) is 0 Å². The van der Waals surface area contributed by atoms with Crippen molar-refractivity contribution in [3.63, 3.8) is 0 Å². The van der Waals surface area contributed by atoms with E-state index < -0.39 is 30.5 Å². The largest absolute Gasteiger partial charge is 0.493 e. The molecular formula is C36H36O11. The van der Waals surface area contributed by atoms with Crippen molar-refractivity contribution in [2.24, 2.45) is 0 Å². The van der Waals surface area contributed by atoms with E-state index in [9.17, 15) is 19.2 Å². The van der Waals surface area contributed by atoms with Gasteiger partial charge in [-0.3, -0.25) is 4.79 Å². The fraction of sp³-hybridized carbons (Fsp3) is 0.222. The highest BCUT2D eigenvalue weighted by Gasteiger charge is 2.13. The Balaban J connectivity index is 1.36. The third-order valence-electron chi connectivity index (χ3n) is 6.28. The smallest absolute Gasteiger partial charge is 0.336 e. The van der Waals surface area contributed by atoms with Gasteiger partial charge in [0.1, 0.15) is 30.5 Å². The number of esters is 4. The highest BCUT2D eigenvalue weighted by molar-refractivity contribution is 5.93. The van der Waals surface area contributed by atoms with E-state index >= 15 is 0 Å². The van der Waals surface area contributed by atoms with Gasteiger partial charge in [0.2, 0.25) is 0 Å². The lowest BCUT2D eigenvalue weighted by Gasteiger charge is -2.09. The van der Waals surface area contributed by atoms with Crippen LogP contribution in [0.5, 0.6) is 17.2 Å². The molecule has 1 N–H and O–H groups in total. The number of methoxy groups -OCH3 is 1. The molecule has 0 heterocycles. The van der Waals surface area contributed by atoms with E-state index in [1.165, 1.54) is 13.2 Å². The third kappa shape index (κ3) is 12.7. The van der Waals surface area contributed by atoms with Crippen LogP contribution in [0.25, 0.3) is 17.2 Å². The molecule has 0 aliphatic heterocycles. The number of hydrogen-bond donors (Lipinski definition) is 1. The van der Waals surface area contributed by atoms with E-state index in [0.717, 1.165) is 16.7 Å². The highest BCUT2D eigenvalue weighted by Crippen LogP contribution is 2.23. The van der Waals surface area contributed by atoms with Gasteiger partial charge in [0.05, 0.1) is 38.9 Å². The Morgan fingerprint density at radius 1 is 0.681 bits per heavy atom. The number of carbonyl (C=O) groups excluding carboxylic acids is 4. The zero-order valence-corrected chi connectivity index (χ0v) is 26.0. The second-order valence-electron chi connectivity index (χ2n) is 9.81. The summed E-state index contributed by atoms with van der Waals surface area (Å²) in [5, 5.41) is 8.87. The van der Waals surface area contributed by atoms with Crippen LogP contribution in [0.2, 0.25) is 0 Å². The SMILES string of the molecule is C=C(CO)C(=O)OCCOc1ccc(-c2ccc(/C=C/C(=O)Oc3ccc(OCCCOC(=O)C(=C)CC(=O)OC)cc3)cc2)cc1. The van der Waals surface area contributed by atoms with Gasteiger partial charge in [-0.15, -0.1) is 0 Å². The molecule has 47 heavy (non-hydrogen) atoms. The Hall–Kier alpha value is -5.68. The number of aliphatic hydroxyl groups is 1. The van der Waals surface area contributed by atoms with Gasteiger partial charge in [-0.25, -0.2) is 14.4 Å². The van der Waals surface area contributed by atoms with Gasteiger partial charge in [-0.2, -0.15) is 0 Å². The summed E-state index contributed by atoms with van der Waals surface area (Å²) in [4.78, 5) is 46.8.